The minimum atomic E-state index is -0.0168. The molecule has 1 N–H and O–H groups in total. The normalized spacial score (nSPS) is 12.7. The molecular formula is C12H12Br2ClN3. The first kappa shape index (κ1) is 14.1. The number of halogens is 3. The molecule has 0 radical (unpaired) electrons. The Morgan fingerprint density at radius 2 is 2.11 bits per heavy atom. The molecule has 1 atom stereocenters. The third-order valence-corrected chi connectivity index (χ3v) is 4.28. The molecule has 1 heterocycles. The molecule has 1 unspecified atom stereocenters. The molecule has 0 fully saturated rings. The molecule has 0 saturated heterocycles. The number of nitrogens with zero attached hydrogens (tertiary/aromatic N) is 2. The number of nitrogens with one attached hydrogen (secondary N) is 1. The van der Waals surface area contributed by atoms with E-state index in [0.717, 1.165) is 20.2 Å². The van der Waals surface area contributed by atoms with Crippen molar-refractivity contribution in [3.8, 4) is 0 Å². The van der Waals surface area contributed by atoms with Crippen LogP contribution < -0.4 is 5.32 Å². The number of benzene rings is 1. The van der Waals surface area contributed by atoms with Crippen LogP contribution in [0.1, 0.15) is 17.3 Å². The van der Waals surface area contributed by atoms with E-state index < -0.39 is 0 Å². The zero-order chi connectivity index (χ0) is 13.3. The summed E-state index contributed by atoms with van der Waals surface area (Å²) in [7, 11) is 3.79. The largest absolute Gasteiger partial charge is 0.308 e. The Labute approximate surface area is 128 Å². The molecule has 1 aromatic carbocycles. The molecule has 96 valence electrons. The van der Waals surface area contributed by atoms with Crippen LogP contribution in [0.15, 0.2) is 33.3 Å². The van der Waals surface area contributed by atoms with Gasteiger partial charge in [-0.3, -0.25) is 4.68 Å². The maximum atomic E-state index is 6.21. The predicted octanol–water partition coefficient (Wildman–Crippen LogP) is 3.91. The second-order valence-electron chi connectivity index (χ2n) is 3.89. The minimum Gasteiger partial charge on any atom is -0.308 e. The highest BCUT2D eigenvalue weighted by Crippen LogP contribution is 2.33. The average molecular weight is 394 g/mol. The van der Waals surface area contributed by atoms with Crippen LogP contribution in [-0.2, 0) is 7.05 Å². The van der Waals surface area contributed by atoms with Gasteiger partial charge in [0, 0.05) is 16.0 Å². The van der Waals surface area contributed by atoms with E-state index in [4.69, 9.17) is 11.6 Å². The van der Waals surface area contributed by atoms with Crippen molar-refractivity contribution < 1.29 is 0 Å². The first-order chi connectivity index (χ1) is 8.54. The minimum absolute atomic E-state index is 0.0168. The molecule has 2 aromatic rings. The van der Waals surface area contributed by atoms with Crippen molar-refractivity contribution in [2.75, 3.05) is 7.05 Å². The predicted molar refractivity (Wildman–Crippen MR) is 81.0 cm³/mol. The van der Waals surface area contributed by atoms with Gasteiger partial charge in [0.2, 0.25) is 0 Å². The van der Waals surface area contributed by atoms with E-state index in [0.29, 0.717) is 5.02 Å². The molecule has 1 aromatic heterocycles. The van der Waals surface area contributed by atoms with Crippen molar-refractivity contribution in [3.63, 3.8) is 0 Å². The van der Waals surface area contributed by atoms with Crippen LogP contribution in [0.5, 0.6) is 0 Å². The highest BCUT2D eigenvalue weighted by molar-refractivity contribution is 9.11. The van der Waals surface area contributed by atoms with Crippen LogP contribution in [0.4, 0.5) is 0 Å². The first-order valence-electron chi connectivity index (χ1n) is 5.34. The second kappa shape index (κ2) is 5.74. The third kappa shape index (κ3) is 2.64. The van der Waals surface area contributed by atoms with E-state index in [2.05, 4.69) is 48.3 Å². The molecule has 0 amide bonds. The number of hydrogen-bond acceptors (Lipinski definition) is 2. The van der Waals surface area contributed by atoms with Crippen molar-refractivity contribution >= 4 is 43.5 Å². The van der Waals surface area contributed by atoms with Gasteiger partial charge in [0.15, 0.2) is 0 Å². The summed E-state index contributed by atoms with van der Waals surface area (Å²) >= 11 is 13.3. The molecule has 18 heavy (non-hydrogen) atoms. The molecule has 2 rings (SSSR count). The van der Waals surface area contributed by atoms with Gasteiger partial charge in [-0.2, -0.15) is 5.10 Å². The van der Waals surface area contributed by atoms with Gasteiger partial charge < -0.3 is 5.32 Å². The van der Waals surface area contributed by atoms with Crippen molar-refractivity contribution in [2.45, 2.75) is 6.04 Å². The van der Waals surface area contributed by atoms with Gasteiger partial charge >= 0.3 is 0 Å². The lowest BCUT2D eigenvalue weighted by Gasteiger charge is -2.19. The molecule has 6 heteroatoms. The Morgan fingerprint density at radius 1 is 1.39 bits per heavy atom. The summed E-state index contributed by atoms with van der Waals surface area (Å²) in [4.78, 5) is 0. The van der Waals surface area contributed by atoms with Crippen LogP contribution in [0.25, 0.3) is 0 Å². The summed E-state index contributed by atoms with van der Waals surface area (Å²) in [5.41, 5.74) is 2.05. The fourth-order valence-electron chi connectivity index (χ4n) is 1.92. The van der Waals surface area contributed by atoms with E-state index in [1.54, 1.807) is 10.9 Å². The van der Waals surface area contributed by atoms with E-state index >= 15 is 0 Å². The number of aromatic nitrogens is 2. The number of aryl methyl sites for hydroxylation is 1. The number of rotatable bonds is 3. The molecule has 0 aliphatic rings. The molecule has 0 bridgehead atoms. The van der Waals surface area contributed by atoms with Gasteiger partial charge in [0.25, 0.3) is 0 Å². The lowest BCUT2D eigenvalue weighted by Crippen LogP contribution is -2.21. The zero-order valence-electron chi connectivity index (χ0n) is 9.92. The van der Waals surface area contributed by atoms with Gasteiger partial charge in [-0.25, -0.2) is 0 Å². The van der Waals surface area contributed by atoms with E-state index in [1.165, 1.54) is 0 Å². The lowest BCUT2D eigenvalue weighted by molar-refractivity contribution is 0.604. The van der Waals surface area contributed by atoms with Gasteiger partial charge in [0.05, 0.1) is 23.0 Å². The third-order valence-electron chi connectivity index (χ3n) is 2.77. The Kier molecular flexibility index (Phi) is 4.48. The van der Waals surface area contributed by atoms with Crippen molar-refractivity contribution in [2.24, 2.45) is 7.05 Å². The van der Waals surface area contributed by atoms with Crippen LogP contribution in [0, 0.1) is 0 Å². The standard InChI is InChI=1S/C12H12Br2ClN3/c1-16-11(12-10(15)6-17-18(12)2)8-5-7(13)3-4-9(8)14/h3-6,11,16H,1-2H3. The summed E-state index contributed by atoms with van der Waals surface area (Å²) in [5, 5.41) is 8.11. The fourth-order valence-corrected chi connectivity index (χ4v) is 3.05. The number of hydrogen-bond donors (Lipinski definition) is 1. The van der Waals surface area contributed by atoms with E-state index in [1.807, 2.05) is 26.2 Å². The summed E-state index contributed by atoms with van der Waals surface area (Å²) < 4.78 is 3.85. The molecule has 0 aliphatic carbocycles. The van der Waals surface area contributed by atoms with Crippen molar-refractivity contribution in [1.82, 2.24) is 15.1 Å². The van der Waals surface area contributed by atoms with Crippen molar-refractivity contribution in [1.29, 1.82) is 0 Å². The van der Waals surface area contributed by atoms with Crippen LogP contribution in [0.2, 0.25) is 5.02 Å². The SMILES string of the molecule is CNC(c1cc(Br)ccc1Br)c1c(Cl)cnn1C. The molecule has 0 saturated carbocycles. The Bertz CT molecular complexity index is 549. The average Bonchev–Trinajstić information content (AvgIpc) is 2.66. The summed E-state index contributed by atoms with van der Waals surface area (Å²) in [6.07, 6.45) is 1.66. The van der Waals surface area contributed by atoms with Gasteiger partial charge in [-0.15, -0.1) is 0 Å². The van der Waals surface area contributed by atoms with Crippen LogP contribution in [-0.4, -0.2) is 16.8 Å². The molecule has 3 nitrogen and oxygen atoms in total. The zero-order valence-corrected chi connectivity index (χ0v) is 13.8. The van der Waals surface area contributed by atoms with Crippen molar-refractivity contribution in [3.05, 3.63) is 49.6 Å². The highest BCUT2D eigenvalue weighted by Gasteiger charge is 2.21. The summed E-state index contributed by atoms with van der Waals surface area (Å²) in [6.45, 7) is 0. The quantitative estimate of drug-likeness (QED) is 0.857. The maximum Gasteiger partial charge on any atom is 0.0837 e. The molecule has 0 aliphatic heterocycles. The monoisotopic (exact) mass is 391 g/mol. The lowest BCUT2D eigenvalue weighted by atomic mass is 10.0. The Balaban J connectivity index is 2.55. The fraction of sp³-hybridized carbons (Fsp3) is 0.250. The first-order valence-corrected chi connectivity index (χ1v) is 7.30. The summed E-state index contributed by atoms with van der Waals surface area (Å²) in [5.74, 6) is 0. The topological polar surface area (TPSA) is 29.9 Å². The Morgan fingerprint density at radius 3 is 2.67 bits per heavy atom. The van der Waals surface area contributed by atoms with E-state index in [9.17, 15) is 0 Å². The van der Waals surface area contributed by atoms with Gasteiger partial charge in [0.1, 0.15) is 0 Å². The van der Waals surface area contributed by atoms with Crippen LogP contribution >= 0.6 is 43.5 Å². The van der Waals surface area contributed by atoms with Crippen LogP contribution in [0.3, 0.4) is 0 Å². The Hall–Kier alpha value is -0.360. The second-order valence-corrected chi connectivity index (χ2v) is 6.07. The summed E-state index contributed by atoms with van der Waals surface area (Å²) in [6, 6.07) is 6.05. The van der Waals surface area contributed by atoms with Gasteiger partial charge in [-0.1, -0.05) is 43.5 Å². The van der Waals surface area contributed by atoms with E-state index in [-0.39, 0.29) is 6.04 Å². The highest BCUT2D eigenvalue weighted by atomic mass is 79.9. The molecular weight excluding hydrogens is 381 g/mol. The van der Waals surface area contributed by atoms with Gasteiger partial charge in [-0.05, 0) is 30.8 Å². The maximum absolute atomic E-state index is 6.21. The smallest absolute Gasteiger partial charge is 0.0837 e. The molecule has 0 spiro atoms.